The number of hydrogen-bond acceptors (Lipinski definition) is 4. The van der Waals surface area contributed by atoms with E-state index in [1.165, 1.54) is 0 Å². The normalized spacial score (nSPS) is 12.5. The highest BCUT2D eigenvalue weighted by Crippen LogP contribution is 2.33. The number of carbonyl (C=O) groups excluding carboxylic acids is 2. The molecule has 0 radical (unpaired) electrons. The highest BCUT2D eigenvalue weighted by molar-refractivity contribution is 6.05. The highest BCUT2D eigenvalue weighted by Gasteiger charge is 2.25. The number of amides is 2. The Kier molecular flexibility index (Phi) is 5.95. The van der Waals surface area contributed by atoms with Gasteiger partial charge in [0.05, 0.1) is 17.9 Å². The zero-order chi connectivity index (χ0) is 23.3. The molecule has 6 heteroatoms. The van der Waals surface area contributed by atoms with Crippen LogP contribution in [0.1, 0.15) is 15.9 Å². The zero-order valence-corrected chi connectivity index (χ0v) is 18.3. The Balaban J connectivity index is 1.29. The minimum absolute atomic E-state index is 0.0158. The summed E-state index contributed by atoms with van der Waals surface area (Å²) in [5.74, 6) is 1.59. The van der Waals surface area contributed by atoms with Gasteiger partial charge in [-0.25, -0.2) is 0 Å². The Hall–Kier alpha value is -4.58. The van der Waals surface area contributed by atoms with Crippen molar-refractivity contribution in [2.24, 2.45) is 0 Å². The van der Waals surface area contributed by atoms with E-state index in [9.17, 15) is 9.59 Å². The van der Waals surface area contributed by atoms with Gasteiger partial charge in [-0.05, 0) is 54.1 Å². The van der Waals surface area contributed by atoms with Gasteiger partial charge in [0.1, 0.15) is 11.5 Å². The molecule has 1 N–H and O–H groups in total. The number of para-hydroxylation sites is 5. The van der Waals surface area contributed by atoms with E-state index in [1.807, 2.05) is 84.9 Å². The van der Waals surface area contributed by atoms with E-state index < -0.39 is 0 Å². The van der Waals surface area contributed by atoms with E-state index in [4.69, 9.17) is 9.47 Å². The minimum Gasteiger partial charge on any atom is -0.482 e. The van der Waals surface area contributed by atoms with Crippen LogP contribution in [0.25, 0.3) is 0 Å². The maximum absolute atomic E-state index is 12.9. The molecule has 0 saturated heterocycles. The maximum Gasteiger partial charge on any atom is 0.265 e. The Morgan fingerprint density at radius 3 is 2.38 bits per heavy atom. The average Bonchev–Trinajstić information content (AvgIpc) is 2.88. The average molecular weight is 450 g/mol. The summed E-state index contributed by atoms with van der Waals surface area (Å²) < 4.78 is 11.4. The van der Waals surface area contributed by atoms with E-state index in [2.05, 4.69) is 5.32 Å². The molecule has 4 aromatic carbocycles. The summed E-state index contributed by atoms with van der Waals surface area (Å²) in [4.78, 5) is 27.0. The minimum atomic E-state index is -0.247. The van der Waals surface area contributed by atoms with Gasteiger partial charge in [0.25, 0.3) is 11.8 Å². The summed E-state index contributed by atoms with van der Waals surface area (Å²) in [6, 6.07) is 31.4. The SMILES string of the molecule is O=C(Nc1ccccc1Oc1ccccc1)c1ccc(CN2C(=O)COc3ccccc32)cc1. The summed E-state index contributed by atoms with van der Waals surface area (Å²) in [6.07, 6.45) is 0. The molecule has 0 saturated carbocycles. The van der Waals surface area contributed by atoms with Crippen molar-refractivity contribution in [1.29, 1.82) is 0 Å². The smallest absolute Gasteiger partial charge is 0.265 e. The Morgan fingerprint density at radius 1 is 0.853 bits per heavy atom. The van der Waals surface area contributed by atoms with Gasteiger partial charge in [-0.3, -0.25) is 9.59 Å². The lowest BCUT2D eigenvalue weighted by Crippen LogP contribution is -2.38. The second kappa shape index (κ2) is 9.50. The molecule has 1 aliphatic heterocycles. The van der Waals surface area contributed by atoms with Crippen molar-refractivity contribution in [1.82, 2.24) is 0 Å². The van der Waals surface area contributed by atoms with Crippen LogP contribution in [-0.4, -0.2) is 18.4 Å². The van der Waals surface area contributed by atoms with Crippen molar-refractivity contribution < 1.29 is 19.1 Å². The van der Waals surface area contributed by atoms with E-state index in [0.29, 0.717) is 35.0 Å². The predicted molar refractivity (Wildman–Crippen MR) is 130 cm³/mol. The van der Waals surface area contributed by atoms with Gasteiger partial charge in [0, 0.05) is 5.56 Å². The summed E-state index contributed by atoms with van der Waals surface area (Å²) in [5.41, 5.74) is 2.74. The first-order chi connectivity index (χ1) is 16.7. The van der Waals surface area contributed by atoms with Crippen molar-refractivity contribution in [2.75, 3.05) is 16.8 Å². The number of carbonyl (C=O) groups is 2. The Morgan fingerprint density at radius 2 is 1.56 bits per heavy atom. The Labute approximate surface area is 197 Å². The largest absolute Gasteiger partial charge is 0.482 e. The molecule has 1 heterocycles. The van der Waals surface area contributed by atoms with E-state index >= 15 is 0 Å². The number of nitrogens with zero attached hydrogens (tertiary/aromatic N) is 1. The number of benzene rings is 4. The number of ether oxygens (including phenoxy) is 2. The fourth-order valence-electron chi connectivity index (χ4n) is 3.74. The van der Waals surface area contributed by atoms with Gasteiger partial charge in [-0.1, -0.05) is 54.6 Å². The maximum atomic E-state index is 12.9. The summed E-state index contributed by atoms with van der Waals surface area (Å²) in [5, 5.41) is 2.92. The second-order valence-corrected chi connectivity index (χ2v) is 7.80. The van der Waals surface area contributed by atoms with E-state index in [-0.39, 0.29) is 18.4 Å². The molecule has 168 valence electrons. The molecule has 0 fully saturated rings. The van der Waals surface area contributed by atoms with Crippen molar-refractivity contribution in [3.63, 3.8) is 0 Å². The number of nitrogens with one attached hydrogen (secondary N) is 1. The van der Waals surface area contributed by atoms with Crippen molar-refractivity contribution >= 4 is 23.2 Å². The summed E-state index contributed by atoms with van der Waals surface area (Å²) in [6.45, 7) is 0.414. The monoisotopic (exact) mass is 450 g/mol. The van der Waals surface area contributed by atoms with Gasteiger partial charge in [0.2, 0.25) is 0 Å². The molecule has 4 aromatic rings. The molecule has 34 heavy (non-hydrogen) atoms. The number of anilines is 2. The lowest BCUT2D eigenvalue weighted by molar-refractivity contribution is -0.121. The quantitative estimate of drug-likeness (QED) is 0.412. The topological polar surface area (TPSA) is 67.9 Å². The number of hydrogen-bond donors (Lipinski definition) is 1. The van der Waals surface area contributed by atoms with Gasteiger partial charge in [-0.15, -0.1) is 0 Å². The third kappa shape index (κ3) is 4.61. The standard InChI is InChI=1S/C28H22N2O4/c31-27-19-33-26-13-7-5-11-24(26)30(27)18-20-14-16-21(17-15-20)28(32)29-23-10-4-6-12-25(23)34-22-8-2-1-3-9-22/h1-17H,18-19H2,(H,29,32). The molecule has 1 aliphatic rings. The first-order valence-corrected chi connectivity index (χ1v) is 10.9. The predicted octanol–water partition coefficient (Wildman–Crippen LogP) is 5.66. The molecule has 0 atom stereocenters. The molecular weight excluding hydrogens is 428 g/mol. The van der Waals surface area contributed by atoms with Crippen molar-refractivity contribution in [2.45, 2.75) is 6.54 Å². The highest BCUT2D eigenvalue weighted by atomic mass is 16.5. The number of fused-ring (bicyclic) bond motifs is 1. The van der Waals surface area contributed by atoms with Crippen LogP contribution >= 0.6 is 0 Å². The lowest BCUT2D eigenvalue weighted by Gasteiger charge is -2.29. The molecular formula is C28H22N2O4. The molecule has 0 spiro atoms. The molecule has 0 bridgehead atoms. The summed E-state index contributed by atoms with van der Waals surface area (Å²) in [7, 11) is 0. The van der Waals surface area contributed by atoms with Crippen LogP contribution in [0.3, 0.4) is 0 Å². The Bertz CT molecular complexity index is 1320. The zero-order valence-electron chi connectivity index (χ0n) is 18.3. The van der Waals surface area contributed by atoms with E-state index in [1.54, 1.807) is 23.1 Å². The first-order valence-electron chi connectivity index (χ1n) is 10.9. The summed E-state index contributed by atoms with van der Waals surface area (Å²) >= 11 is 0. The van der Waals surface area contributed by atoms with Crippen LogP contribution < -0.4 is 19.7 Å². The molecule has 0 aliphatic carbocycles. The molecule has 2 amide bonds. The van der Waals surface area contributed by atoms with Crippen LogP contribution in [0.4, 0.5) is 11.4 Å². The molecule has 5 rings (SSSR count). The van der Waals surface area contributed by atoms with Crippen molar-refractivity contribution in [3.05, 3.63) is 114 Å². The van der Waals surface area contributed by atoms with Crippen molar-refractivity contribution in [3.8, 4) is 17.2 Å². The van der Waals surface area contributed by atoms with Gasteiger partial charge in [-0.2, -0.15) is 0 Å². The van der Waals surface area contributed by atoms with Crippen LogP contribution in [0, 0.1) is 0 Å². The molecule has 0 aromatic heterocycles. The van der Waals surface area contributed by atoms with Gasteiger partial charge in [0.15, 0.2) is 12.4 Å². The van der Waals surface area contributed by atoms with Crippen LogP contribution in [-0.2, 0) is 11.3 Å². The first kappa shape index (κ1) is 21.3. The van der Waals surface area contributed by atoms with Crippen LogP contribution in [0.2, 0.25) is 0 Å². The fraction of sp³-hybridized carbons (Fsp3) is 0.0714. The van der Waals surface area contributed by atoms with Crippen LogP contribution in [0.15, 0.2) is 103 Å². The molecule has 0 unspecified atom stereocenters. The van der Waals surface area contributed by atoms with Crippen LogP contribution in [0.5, 0.6) is 17.2 Å². The molecule has 6 nitrogen and oxygen atoms in total. The fourth-order valence-corrected chi connectivity index (χ4v) is 3.74. The second-order valence-electron chi connectivity index (χ2n) is 7.80. The third-order valence-electron chi connectivity index (χ3n) is 5.47. The number of rotatable bonds is 6. The third-order valence-corrected chi connectivity index (χ3v) is 5.47. The van der Waals surface area contributed by atoms with Gasteiger partial charge < -0.3 is 19.7 Å². The lowest BCUT2D eigenvalue weighted by atomic mass is 10.1. The van der Waals surface area contributed by atoms with E-state index in [0.717, 1.165) is 11.3 Å². The van der Waals surface area contributed by atoms with Gasteiger partial charge >= 0.3 is 0 Å².